The number of nitrogens with zero attached hydrogens (tertiary/aromatic N) is 2. The van der Waals surface area contributed by atoms with Crippen LogP contribution in [0.2, 0.25) is 0 Å². The van der Waals surface area contributed by atoms with Crippen LogP contribution < -0.4 is 5.32 Å². The van der Waals surface area contributed by atoms with Gasteiger partial charge in [-0.3, -0.25) is 4.90 Å². The Balaban J connectivity index is 1.82. The molecule has 2 atom stereocenters. The van der Waals surface area contributed by atoms with Crippen LogP contribution in [0.25, 0.3) is 0 Å². The summed E-state index contributed by atoms with van der Waals surface area (Å²) in [5, 5.41) is 12.5. The van der Waals surface area contributed by atoms with Gasteiger partial charge in [0, 0.05) is 32.3 Å². The standard InChI is InChI=1S/C18H35N3O2/c1-14(2)17(20-9-6-15(3)7-10-20)11-19-18(23)21-8-4-5-16(12-21)13-22/h14-17,22H,4-13H2,1-3H3,(H,19,23). The predicted octanol–water partition coefficient (Wildman–Crippen LogP) is 2.16. The molecule has 5 nitrogen and oxygen atoms in total. The molecule has 0 aromatic heterocycles. The van der Waals surface area contributed by atoms with Gasteiger partial charge in [0.2, 0.25) is 0 Å². The van der Waals surface area contributed by atoms with Gasteiger partial charge < -0.3 is 15.3 Å². The number of aliphatic hydroxyl groups is 1. The molecule has 134 valence electrons. The topological polar surface area (TPSA) is 55.8 Å². The number of amides is 2. The monoisotopic (exact) mass is 325 g/mol. The Bertz CT molecular complexity index is 367. The van der Waals surface area contributed by atoms with Crippen LogP contribution in [-0.4, -0.2) is 66.3 Å². The molecule has 0 bridgehead atoms. The lowest BCUT2D eigenvalue weighted by Crippen LogP contribution is -2.53. The summed E-state index contributed by atoms with van der Waals surface area (Å²) in [5.41, 5.74) is 0. The fourth-order valence-electron chi connectivity index (χ4n) is 3.85. The lowest BCUT2D eigenvalue weighted by Gasteiger charge is -2.39. The van der Waals surface area contributed by atoms with Crippen LogP contribution in [0.3, 0.4) is 0 Å². The Hall–Kier alpha value is -0.810. The summed E-state index contributed by atoms with van der Waals surface area (Å²) in [6, 6.07) is 0.462. The van der Waals surface area contributed by atoms with Crippen molar-refractivity contribution in [3.63, 3.8) is 0 Å². The first-order valence-electron chi connectivity index (χ1n) is 9.39. The number of rotatable bonds is 5. The summed E-state index contributed by atoms with van der Waals surface area (Å²) in [6.07, 6.45) is 4.56. The Morgan fingerprint density at radius 3 is 2.52 bits per heavy atom. The summed E-state index contributed by atoms with van der Waals surface area (Å²) < 4.78 is 0. The number of aliphatic hydroxyl groups excluding tert-OH is 1. The fraction of sp³-hybridized carbons (Fsp3) is 0.944. The molecule has 2 aliphatic heterocycles. The Morgan fingerprint density at radius 2 is 1.91 bits per heavy atom. The Morgan fingerprint density at radius 1 is 1.22 bits per heavy atom. The van der Waals surface area contributed by atoms with Crippen molar-refractivity contribution in [3.8, 4) is 0 Å². The number of carbonyl (C=O) groups is 1. The maximum absolute atomic E-state index is 12.4. The molecule has 2 saturated heterocycles. The van der Waals surface area contributed by atoms with Crippen molar-refractivity contribution in [1.82, 2.24) is 15.1 Å². The minimum Gasteiger partial charge on any atom is -0.396 e. The van der Waals surface area contributed by atoms with Gasteiger partial charge in [-0.25, -0.2) is 4.79 Å². The third-order valence-corrected chi connectivity index (χ3v) is 5.58. The van der Waals surface area contributed by atoms with Crippen LogP contribution in [-0.2, 0) is 0 Å². The lowest BCUT2D eigenvalue weighted by atomic mass is 9.94. The van der Waals surface area contributed by atoms with Crippen molar-refractivity contribution in [1.29, 1.82) is 0 Å². The van der Waals surface area contributed by atoms with Gasteiger partial charge in [-0.15, -0.1) is 0 Å². The first-order chi connectivity index (χ1) is 11.0. The van der Waals surface area contributed by atoms with E-state index in [0.29, 0.717) is 18.5 Å². The lowest BCUT2D eigenvalue weighted by molar-refractivity contribution is 0.102. The zero-order chi connectivity index (χ0) is 16.8. The summed E-state index contributed by atoms with van der Waals surface area (Å²) in [4.78, 5) is 16.9. The molecule has 0 spiro atoms. The average molecular weight is 325 g/mol. The highest BCUT2D eigenvalue weighted by Crippen LogP contribution is 2.21. The minimum absolute atomic E-state index is 0.0409. The molecule has 0 aromatic rings. The van der Waals surface area contributed by atoms with Crippen LogP contribution in [0.15, 0.2) is 0 Å². The zero-order valence-electron chi connectivity index (χ0n) is 15.1. The largest absolute Gasteiger partial charge is 0.396 e. The molecule has 2 aliphatic rings. The molecule has 0 radical (unpaired) electrons. The highest BCUT2D eigenvalue weighted by Gasteiger charge is 2.28. The van der Waals surface area contributed by atoms with Crippen molar-refractivity contribution in [2.24, 2.45) is 17.8 Å². The van der Waals surface area contributed by atoms with Crippen molar-refractivity contribution in [2.45, 2.75) is 52.5 Å². The molecular formula is C18H35N3O2. The molecule has 2 amide bonds. The van der Waals surface area contributed by atoms with Crippen LogP contribution in [0, 0.1) is 17.8 Å². The number of likely N-dealkylation sites (tertiary alicyclic amines) is 2. The fourth-order valence-corrected chi connectivity index (χ4v) is 3.85. The minimum atomic E-state index is 0.0409. The molecule has 2 unspecified atom stereocenters. The summed E-state index contributed by atoms with van der Waals surface area (Å²) in [7, 11) is 0. The summed E-state index contributed by atoms with van der Waals surface area (Å²) in [5.74, 6) is 1.62. The smallest absolute Gasteiger partial charge is 0.317 e. The van der Waals surface area contributed by atoms with E-state index in [1.807, 2.05) is 4.90 Å². The van der Waals surface area contributed by atoms with E-state index in [1.54, 1.807) is 0 Å². The normalized spacial score (nSPS) is 25.6. The van der Waals surface area contributed by atoms with Gasteiger partial charge in [-0.1, -0.05) is 20.8 Å². The molecule has 0 saturated carbocycles. The number of piperidine rings is 2. The Labute approximate surface area is 141 Å². The maximum Gasteiger partial charge on any atom is 0.317 e. The Kier molecular flexibility index (Phi) is 7.15. The van der Waals surface area contributed by atoms with Gasteiger partial charge in [0.1, 0.15) is 0 Å². The van der Waals surface area contributed by atoms with Gasteiger partial charge >= 0.3 is 6.03 Å². The third kappa shape index (κ3) is 5.35. The van der Waals surface area contributed by atoms with E-state index in [2.05, 4.69) is 31.0 Å². The zero-order valence-corrected chi connectivity index (χ0v) is 15.1. The van der Waals surface area contributed by atoms with Crippen LogP contribution in [0.4, 0.5) is 4.79 Å². The highest BCUT2D eigenvalue weighted by molar-refractivity contribution is 5.74. The van der Waals surface area contributed by atoms with Crippen molar-refractivity contribution >= 4 is 6.03 Å². The first-order valence-corrected chi connectivity index (χ1v) is 9.39. The summed E-state index contributed by atoms with van der Waals surface area (Å²) >= 11 is 0. The molecule has 5 heteroatoms. The van der Waals surface area contributed by atoms with E-state index in [-0.39, 0.29) is 18.6 Å². The molecule has 2 heterocycles. The van der Waals surface area contributed by atoms with Crippen molar-refractivity contribution < 1.29 is 9.90 Å². The molecule has 2 fully saturated rings. The van der Waals surface area contributed by atoms with E-state index < -0.39 is 0 Å². The third-order valence-electron chi connectivity index (χ3n) is 5.58. The van der Waals surface area contributed by atoms with Gasteiger partial charge in [0.25, 0.3) is 0 Å². The number of urea groups is 1. The average Bonchev–Trinajstić information content (AvgIpc) is 2.56. The van der Waals surface area contributed by atoms with E-state index in [1.165, 1.54) is 12.8 Å². The van der Waals surface area contributed by atoms with Crippen molar-refractivity contribution in [3.05, 3.63) is 0 Å². The van der Waals surface area contributed by atoms with E-state index in [0.717, 1.165) is 44.9 Å². The number of hydrogen-bond acceptors (Lipinski definition) is 3. The second-order valence-electron chi connectivity index (χ2n) is 7.85. The number of hydrogen-bond donors (Lipinski definition) is 2. The van der Waals surface area contributed by atoms with Crippen LogP contribution >= 0.6 is 0 Å². The molecule has 2 N–H and O–H groups in total. The SMILES string of the molecule is CC1CCN(C(CNC(=O)N2CCCC(CO)C2)C(C)C)CC1. The molecule has 0 aliphatic carbocycles. The maximum atomic E-state index is 12.4. The molecule has 2 rings (SSSR count). The van der Waals surface area contributed by atoms with E-state index in [4.69, 9.17) is 0 Å². The molecule has 0 aromatic carbocycles. The van der Waals surface area contributed by atoms with Crippen molar-refractivity contribution in [2.75, 3.05) is 39.3 Å². The molecule has 23 heavy (non-hydrogen) atoms. The van der Waals surface area contributed by atoms with Crippen LogP contribution in [0.1, 0.15) is 46.5 Å². The van der Waals surface area contributed by atoms with Gasteiger partial charge in [0.15, 0.2) is 0 Å². The van der Waals surface area contributed by atoms with Gasteiger partial charge in [0.05, 0.1) is 0 Å². The first kappa shape index (κ1) is 18.5. The van der Waals surface area contributed by atoms with Crippen LogP contribution in [0.5, 0.6) is 0 Å². The summed E-state index contributed by atoms with van der Waals surface area (Å²) in [6.45, 7) is 11.5. The number of nitrogens with one attached hydrogen (secondary N) is 1. The van der Waals surface area contributed by atoms with Gasteiger partial charge in [-0.05, 0) is 56.5 Å². The predicted molar refractivity (Wildman–Crippen MR) is 93.4 cm³/mol. The second kappa shape index (κ2) is 8.88. The van der Waals surface area contributed by atoms with E-state index >= 15 is 0 Å². The molecular weight excluding hydrogens is 290 g/mol. The highest BCUT2D eigenvalue weighted by atomic mass is 16.3. The number of carbonyl (C=O) groups excluding carboxylic acids is 1. The van der Waals surface area contributed by atoms with Gasteiger partial charge in [-0.2, -0.15) is 0 Å². The second-order valence-corrected chi connectivity index (χ2v) is 7.85. The van der Waals surface area contributed by atoms with E-state index in [9.17, 15) is 9.90 Å². The quantitative estimate of drug-likeness (QED) is 0.814.